The highest BCUT2D eigenvalue weighted by molar-refractivity contribution is 6.31. The number of hydrogen-bond donors (Lipinski definition) is 2. The molecule has 0 bridgehead atoms. The van der Waals surface area contributed by atoms with Crippen molar-refractivity contribution in [3.05, 3.63) is 23.0 Å². The molecule has 0 unspecified atom stereocenters. The lowest BCUT2D eigenvalue weighted by Gasteiger charge is -2.14. The normalized spacial score (nSPS) is 12.5. The van der Waals surface area contributed by atoms with Gasteiger partial charge in [0.15, 0.2) is 0 Å². The highest BCUT2D eigenvalue weighted by atomic mass is 35.5. The van der Waals surface area contributed by atoms with Crippen LogP contribution in [-0.2, 0) is 4.79 Å². The quantitative estimate of drug-likeness (QED) is 0.867. The van der Waals surface area contributed by atoms with Gasteiger partial charge in [-0.1, -0.05) is 11.6 Å². The fraction of sp³-hybridized carbons (Fsp3) is 0.455. The predicted molar refractivity (Wildman–Crippen MR) is 64.4 cm³/mol. The third kappa shape index (κ3) is 3.23. The molecular formula is C11H15ClN2O3. The molecule has 0 aliphatic heterocycles. The molecule has 1 aromatic rings. The Morgan fingerprint density at radius 3 is 2.47 bits per heavy atom. The molecule has 5 nitrogen and oxygen atoms in total. The van der Waals surface area contributed by atoms with Gasteiger partial charge in [-0.3, -0.25) is 9.59 Å². The van der Waals surface area contributed by atoms with Gasteiger partial charge in [0.05, 0.1) is 5.02 Å². The van der Waals surface area contributed by atoms with E-state index >= 15 is 0 Å². The fourth-order valence-corrected chi connectivity index (χ4v) is 1.60. The third-order valence-corrected chi connectivity index (χ3v) is 2.53. The van der Waals surface area contributed by atoms with Crippen LogP contribution in [0.25, 0.3) is 0 Å². The molecule has 0 fully saturated rings. The third-order valence-electron chi connectivity index (χ3n) is 2.32. The van der Waals surface area contributed by atoms with Crippen LogP contribution in [0, 0.1) is 0 Å². The molecule has 0 radical (unpaired) electrons. The predicted octanol–water partition coefficient (Wildman–Crippen LogP) is 1.93. The van der Waals surface area contributed by atoms with Gasteiger partial charge in [-0.2, -0.15) is 0 Å². The molecule has 6 heteroatoms. The van der Waals surface area contributed by atoms with E-state index in [0.717, 1.165) is 0 Å². The minimum Gasteiger partial charge on any atom is -0.480 e. The largest absolute Gasteiger partial charge is 0.480 e. The average molecular weight is 259 g/mol. The molecule has 1 amide bonds. The number of carbonyl (C=O) groups excluding carboxylic acids is 1. The summed E-state index contributed by atoms with van der Waals surface area (Å²) in [4.78, 5) is 22.5. The minimum atomic E-state index is -1.08. The Labute approximate surface area is 104 Å². The Hall–Kier alpha value is -1.49. The lowest BCUT2D eigenvalue weighted by atomic mass is 10.3. The maximum absolute atomic E-state index is 11.8. The molecule has 0 aromatic carbocycles. The SMILES string of the molecule is CC(C)n1cc(Cl)cc1C(=O)N[C@@H](C)C(=O)O. The van der Waals surface area contributed by atoms with Crippen molar-refractivity contribution in [3.63, 3.8) is 0 Å². The molecule has 1 rings (SSSR count). The first-order valence-electron chi connectivity index (χ1n) is 5.24. The van der Waals surface area contributed by atoms with Crippen LogP contribution in [-0.4, -0.2) is 27.6 Å². The van der Waals surface area contributed by atoms with Crippen molar-refractivity contribution in [2.75, 3.05) is 0 Å². The summed E-state index contributed by atoms with van der Waals surface area (Å²) in [7, 11) is 0. The molecule has 1 aromatic heterocycles. The molecule has 94 valence electrons. The number of nitrogens with zero attached hydrogens (tertiary/aromatic N) is 1. The van der Waals surface area contributed by atoms with Gasteiger partial charge in [-0.15, -0.1) is 0 Å². The monoisotopic (exact) mass is 258 g/mol. The van der Waals surface area contributed by atoms with Gasteiger partial charge in [-0.25, -0.2) is 0 Å². The van der Waals surface area contributed by atoms with Crippen molar-refractivity contribution in [1.82, 2.24) is 9.88 Å². The smallest absolute Gasteiger partial charge is 0.325 e. The van der Waals surface area contributed by atoms with Crippen LogP contribution in [0.1, 0.15) is 37.3 Å². The summed E-state index contributed by atoms with van der Waals surface area (Å²) in [5, 5.41) is 11.6. The van der Waals surface area contributed by atoms with Gasteiger partial charge in [0, 0.05) is 12.2 Å². The first-order chi connectivity index (χ1) is 7.82. The van der Waals surface area contributed by atoms with E-state index < -0.39 is 17.9 Å². The molecular weight excluding hydrogens is 244 g/mol. The van der Waals surface area contributed by atoms with E-state index in [4.69, 9.17) is 16.7 Å². The van der Waals surface area contributed by atoms with Crippen LogP contribution >= 0.6 is 11.6 Å². The number of carboxylic acids is 1. The topological polar surface area (TPSA) is 71.3 Å². The molecule has 0 saturated heterocycles. The molecule has 2 N–H and O–H groups in total. The number of carbonyl (C=O) groups is 2. The Bertz CT molecular complexity index is 440. The summed E-state index contributed by atoms with van der Waals surface area (Å²) in [6.07, 6.45) is 1.65. The van der Waals surface area contributed by atoms with Crippen molar-refractivity contribution >= 4 is 23.5 Å². The zero-order valence-electron chi connectivity index (χ0n) is 9.90. The van der Waals surface area contributed by atoms with E-state index in [1.54, 1.807) is 10.8 Å². The number of rotatable bonds is 4. The highest BCUT2D eigenvalue weighted by Crippen LogP contribution is 2.18. The molecule has 0 spiro atoms. The van der Waals surface area contributed by atoms with Crippen molar-refractivity contribution in [2.45, 2.75) is 32.9 Å². The van der Waals surface area contributed by atoms with Crippen molar-refractivity contribution < 1.29 is 14.7 Å². The van der Waals surface area contributed by atoms with Crippen LogP contribution in [0.15, 0.2) is 12.3 Å². The molecule has 17 heavy (non-hydrogen) atoms. The van der Waals surface area contributed by atoms with Crippen molar-refractivity contribution in [3.8, 4) is 0 Å². The summed E-state index contributed by atoms with van der Waals surface area (Å²) in [6.45, 7) is 5.23. The van der Waals surface area contributed by atoms with Gasteiger partial charge in [0.25, 0.3) is 5.91 Å². The lowest BCUT2D eigenvalue weighted by Crippen LogP contribution is -2.39. The minimum absolute atomic E-state index is 0.0726. The molecule has 0 aliphatic carbocycles. The Balaban J connectivity index is 2.92. The number of aromatic nitrogens is 1. The Morgan fingerprint density at radius 2 is 2.00 bits per heavy atom. The number of aliphatic carboxylic acids is 1. The molecule has 0 saturated carbocycles. The van der Waals surface area contributed by atoms with Gasteiger partial charge in [0.1, 0.15) is 11.7 Å². The molecule has 0 aliphatic rings. The van der Waals surface area contributed by atoms with Gasteiger partial charge in [0.2, 0.25) is 0 Å². The maximum atomic E-state index is 11.8. The second-order valence-electron chi connectivity index (χ2n) is 4.08. The second kappa shape index (κ2) is 5.23. The van der Waals surface area contributed by atoms with E-state index in [-0.39, 0.29) is 6.04 Å². The van der Waals surface area contributed by atoms with Gasteiger partial charge in [-0.05, 0) is 26.8 Å². The maximum Gasteiger partial charge on any atom is 0.325 e. The number of nitrogens with one attached hydrogen (secondary N) is 1. The van der Waals surface area contributed by atoms with Crippen molar-refractivity contribution in [1.29, 1.82) is 0 Å². The van der Waals surface area contributed by atoms with E-state index in [0.29, 0.717) is 10.7 Å². The molecule has 1 atom stereocenters. The van der Waals surface area contributed by atoms with Gasteiger partial charge < -0.3 is 15.0 Å². The summed E-state index contributed by atoms with van der Waals surface area (Å²) < 4.78 is 1.70. The van der Waals surface area contributed by atoms with E-state index in [2.05, 4.69) is 5.32 Å². The summed E-state index contributed by atoms with van der Waals surface area (Å²) in [5.41, 5.74) is 0.359. The standard InChI is InChI=1S/C11H15ClN2O3/c1-6(2)14-5-8(12)4-9(14)10(15)13-7(3)11(16)17/h4-7H,1-3H3,(H,13,15)(H,16,17)/t7-/m0/s1. The number of hydrogen-bond acceptors (Lipinski definition) is 2. The number of halogens is 1. The zero-order valence-corrected chi connectivity index (χ0v) is 10.7. The Morgan fingerprint density at radius 1 is 1.41 bits per heavy atom. The number of amides is 1. The zero-order chi connectivity index (χ0) is 13.2. The van der Waals surface area contributed by atoms with E-state index in [1.165, 1.54) is 13.0 Å². The fourth-order valence-electron chi connectivity index (χ4n) is 1.39. The van der Waals surface area contributed by atoms with E-state index in [9.17, 15) is 9.59 Å². The highest BCUT2D eigenvalue weighted by Gasteiger charge is 2.19. The van der Waals surface area contributed by atoms with Crippen LogP contribution in [0.4, 0.5) is 0 Å². The average Bonchev–Trinajstić information content (AvgIpc) is 2.60. The van der Waals surface area contributed by atoms with E-state index in [1.807, 2.05) is 13.8 Å². The first kappa shape index (κ1) is 13.6. The number of carboxylic acid groups (broad SMARTS) is 1. The second-order valence-corrected chi connectivity index (χ2v) is 4.51. The molecule has 1 heterocycles. The van der Waals surface area contributed by atoms with Crippen LogP contribution in [0.3, 0.4) is 0 Å². The summed E-state index contributed by atoms with van der Waals surface area (Å²) in [6, 6.07) is 0.658. The van der Waals surface area contributed by atoms with Crippen molar-refractivity contribution in [2.24, 2.45) is 0 Å². The first-order valence-corrected chi connectivity index (χ1v) is 5.61. The van der Waals surface area contributed by atoms with Crippen LogP contribution in [0.5, 0.6) is 0 Å². The van der Waals surface area contributed by atoms with Crippen LogP contribution < -0.4 is 5.32 Å². The Kier molecular flexibility index (Phi) is 4.17. The van der Waals surface area contributed by atoms with Crippen LogP contribution in [0.2, 0.25) is 5.02 Å². The van der Waals surface area contributed by atoms with Gasteiger partial charge >= 0.3 is 5.97 Å². The lowest BCUT2D eigenvalue weighted by molar-refractivity contribution is -0.138. The summed E-state index contributed by atoms with van der Waals surface area (Å²) >= 11 is 5.84. The summed E-state index contributed by atoms with van der Waals surface area (Å²) in [5.74, 6) is -1.52.